The van der Waals surface area contributed by atoms with E-state index in [2.05, 4.69) is 59.5 Å². The van der Waals surface area contributed by atoms with Crippen LogP contribution in [-0.4, -0.2) is 44.1 Å². The minimum Gasteiger partial charge on any atom is -0.489 e. The second-order valence-corrected chi connectivity index (χ2v) is 10.9. The fourth-order valence-electron chi connectivity index (χ4n) is 5.05. The molecule has 0 aliphatic rings. The summed E-state index contributed by atoms with van der Waals surface area (Å²) in [5.74, 6) is 0.153. The van der Waals surface area contributed by atoms with Gasteiger partial charge < -0.3 is 14.2 Å². The highest BCUT2D eigenvalue weighted by Gasteiger charge is 2.12. The normalized spacial score (nSPS) is 11.2. The van der Waals surface area contributed by atoms with Crippen molar-refractivity contribution >= 4 is 11.9 Å². The molecule has 6 nitrogen and oxygen atoms in total. The SMILES string of the molecule is [3H]c1cc(CN(CCCCC(=O)OC)CCc2ccccc2OCc2ccc(CCc3ccccc3)cc2)ccc1C(=O)OC. The molecule has 4 rings (SSSR count). The van der Waals surface area contributed by atoms with Gasteiger partial charge in [-0.1, -0.05) is 84.9 Å². The van der Waals surface area contributed by atoms with E-state index in [-0.39, 0.29) is 17.6 Å². The van der Waals surface area contributed by atoms with Crippen molar-refractivity contribution in [2.45, 2.75) is 51.7 Å². The van der Waals surface area contributed by atoms with Crippen LogP contribution in [0.1, 0.15) is 58.8 Å². The second-order valence-electron chi connectivity index (χ2n) is 10.9. The van der Waals surface area contributed by atoms with Crippen molar-refractivity contribution in [2.24, 2.45) is 0 Å². The lowest BCUT2D eigenvalue weighted by molar-refractivity contribution is -0.140. The lowest BCUT2D eigenvalue weighted by Crippen LogP contribution is -2.27. The molecule has 0 amide bonds. The number of carbonyl (C=O) groups is 2. The van der Waals surface area contributed by atoms with E-state index in [0.29, 0.717) is 19.6 Å². The molecule has 0 aliphatic carbocycles. The van der Waals surface area contributed by atoms with Crippen molar-refractivity contribution < 1.29 is 25.2 Å². The van der Waals surface area contributed by atoms with Gasteiger partial charge in [-0.2, -0.15) is 0 Å². The van der Waals surface area contributed by atoms with Crippen LogP contribution in [0.3, 0.4) is 0 Å². The molecule has 6 heteroatoms. The monoisotopic (exact) mass is 595 g/mol. The number of esters is 2. The van der Waals surface area contributed by atoms with Crippen molar-refractivity contribution in [2.75, 3.05) is 27.3 Å². The Morgan fingerprint density at radius 3 is 2.09 bits per heavy atom. The number of hydrogen-bond donors (Lipinski definition) is 0. The fraction of sp³-hybridized carbons (Fsp3) is 0.316. The number of methoxy groups -OCH3 is 2. The van der Waals surface area contributed by atoms with Gasteiger partial charge in [-0.25, -0.2) is 4.79 Å². The van der Waals surface area contributed by atoms with E-state index in [9.17, 15) is 9.59 Å². The number of nitrogens with zero attached hydrogens (tertiary/aromatic N) is 1. The molecule has 0 bridgehead atoms. The van der Waals surface area contributed by atoms with E-state index in [0.717, 1.165) is 67.6 Å². The van der Waals surface area contributed by atoms with Gasteiger partial charge in [0.2, 0.25) is 0 Å². The Morgan fingerprint density at radius 2 is 1.36 bits per heavy atom. The van der Waals surface area contributed by atoms with Crippen molar-refractivity contribution in [3.63, 3.8) is 0 Å². The number of rotatable bonds is 17. The maximum absolute atomic E-state index is 11.9. The van der Waals surface area contributed by atoms with Gasteiger partial charge in [0.25, 0.3) is 0 Å². The summed E-state index contributed by atoms with van der Waals surface area (Å²) in [7, 11) is 2.73. The zero-order valence-corrected chi connectivity index (χ0v) is 25.8. The first kappa shape index (κ1) is 31.0. The molecule has 0 fully saturated rings. The first-order valence-electron chi connectivity index (χ1n) is 15.7. The van der Waals surface area contributed by atoms with Gasteiger partial charge in [-0.3, -0.25) is 9.69 Å². The van der Waals surface area contributed by atoms with Gasteiger partial charge in [0.15, 0.2) is 0 Å². The quantitative estimate of drug-likeness (QED) is 0.0948. The third kappa shape index (κ3) is 10.7. The highest BCUT2D eigenvalue weighted by Crippen LogP contribution is 2.21. The molecule has 4 aromatic carbocycles. The summed E-state index contributed by atoms with van der Waals surface area (Å²) in [4.78, 5) is 25.9. The van der Waals surface area contributed by atoms with E-state index >= 15 is 0 Å². The first-order chi connectivity index (χ1) is 21.9. The number of hydrogen-bond acceptors (Lipinski definition) is 6. The average Bonchev–Trinajstić information content (AvgIpc) is 3.08. The minimum atomic E-state index is -0.512. The number of aryl methyl sites for hydroxylation is 2. The molecule has 44 heavy (non-hydrogen) atoms. The smallest absolute Gasteiger partial charge is 0.337 e. The fourth-order valence-corrected chi connectivity index (χ4v) is 5.05. The average molecular weight is 596 g/mol. The van der Waals surface area contributed by atoms with E-state index in [1.54, 1.807) is 12.1 Å². The molecule has 0 saturated carbocycles. The van der Waals surface area contributed by atoms with Crippen LogP contribution in [0.15, 0.2) is 103 Å². The molecular weight excluding hydrogens is 550 g/mol. The Bertz CT molecular complexity index is 1510. The number of ether oxygens (including phenoxy) is 3. The molecule has 0 spiro atoms. The van der Waals surface area contributed by atoms with Crippen molar-refractivity contribution in [1.29, 1.82) is 0 Å². The zero-order chi connectivity index (χ0) is 31.9. The summed E-state index contributed by atoms with van der Waals surface area (Å²) >= 11 is 0. The Hall–Kier alpha value is -4.42. The molecule has 230 valence electrons. The van der Waals surface area contributed by atoms with Crippen LogP contribution in [0.5, 0.6) is 5.75 Å². The largest absolute Gasteiger partial charge is 0.489 e. The Balaban J connectivity index is 1.35. The molecule has 0 N–H and O–H groups in total. The van der Waals surface area contributed by atoms with E-state index in [1.807, 2.05) is 30.3 Å². The first-order valence-corrected chi connectivity index (χ1v) is 15.2. The van der Waals surface area contributed by atoms with Crippen LogP contribution < -0.4 is 4.74 Å². The van der Waals surface area contributed by atoms with E-state index in [1.165, 1.54) is 25.3 Å². The molecule has 0 aliphatic heterocycles. The van der Waals surface area contributed by atoms with Gasteiger partial charge in [0.1, 0.15) is 12.4 Å². The van der Waals surface area contributed by atoms with Crippen LogP contribution in [0.4, 0.5) is 0 Å². The predicted octanol–water partition coefficient (Wildman–Crippen LogP) is 7.23. The van der Waals surface area contributed by atoms with Crippen molar-refractivity contribution in [1.82, 2.24) is 4.90 Å². The summed E-state index contributed by atoms with van der Waals surface area (Å²) in [6, 6.07) is 32.7. The zero-order valence-electron chi connectivity index (χ0n) is 26.8. The summed E-state index contributed by atoms with van der Waals surface area (Å²) in [6.07, 6.45) is 4.77. The standard InChI is InChI=1S/C38H43NO5/c1-42-37(40)14-8-9-26-39(28-32-21-23-35(24-22-32)38(41)43-2)27-25-34-12-6-7-13-36(34)44-29-33-19-17-31(18-20-33)16-15-30-10-4-3-5-11-30/h3-7,10-13,17-24H,8-9,14-16,25-29H2,1-2H3/i23T. The molecule has 0 heterocycles. The molecular formula is C38H43NO5. The highest BCUT2D eigenvalue weighted by atomic mass is 16.5. The van der Waals surface area contributed by atoms with Crippen molar-refractivity contribution in [3.05, 3.63) is 136 Å². The minimum absolute atomic E-state index is 0.146. The van der Waals surface area contributed by atoms with E-state index < -0.39 is 5.97 Å². The summed E-state index contributed by atoms with van der Waals surface area (Å²) in [6.45, 7) is 2.65. The molecule has 0 aromatic heterocycles. The molecule has 0 atom stereocenters. The topological polar surface area (TPSA) is 65.1 Å². The third-order valence-corrected chi connectivity index (χ3v) is 7.65. The van der Waals surface area contributed by atoms with Gasteiger partial charge in [-0.15, -0.1) is 0 Å². The predicted molar refractivity (Wildman–Crippen MR) is 174 cm³/mol. The maximum Gasteiger partial charge on any atom is 0.337 e. The summed E-state index contributed by atoms with van der Waals surface area (Å²) < 4.78 is 24.2. The van der Waals surface area contributed by atoms with Gasteiger partial charge in [0.05, 0.1) is 21.2 Å². The Kier molecular flexibility index (Phi) is 12.4. The lowest BCUT2D eigenvalue weighted by atomic mass is 10.0. The summed E-state index contributed by atoms with van der Waals surface area (Å²) in [5, 5.41) is 0. The number of unbranched alkanes of at least 4 members (excludes halogenated alkanes) is 1. The number of para-hydroxylation sites is 1. The van der Waals surface area contributed by atoms with Gasteiger partial charge >= 0.3 is 11.9 Å². The molecule has 4 aromatic rings. The number of carbonyl (C=O) groups excluding carboxylic acids is 2. The molecule has 0 saturated heterocycles. The molecule has 0 unspecified atom stereocenters. The highest BCUT2D eigenvalue weighted by molar-refractivity contribution is 5.89. The number of benzene rings is 4. The van der Waals surface area contributed by atoms with Gasteiger partial charge in [0, 0.05) is 19.5 Å². The van der Waals surface area contributed by atoms with Gasteiger partial charge in [-0.05, 0) is 84.6 Å². The van der Waals surface area contributed by atoms with Crippen LogP contribution in [0, 0.1) is 0 Å². The van der Waals surface area contributed by atoms with Crippen LogP contribution in [0.2, 0.25) is 0 Å². The third-order valence-electron chi connectivity index (χ3n) is 7.65. The second kappa shape index (κ2) is 17.6. The summed E-state index contributed by atoms with van der Waals surface area (Å²) in [5.41, 5.74) is 6.10. The van der Waals surface area contributed by atoms with E-state index in [4.69, 9.17) is 15.6 Å². The molecule has 0 radical (unpaired) electrons. The van der Waals surface area contributed by atoms with Crippen LogP contribution in [0.25, 0.3) is 0 Å². The maximum atomic E-state index is 11.9. The van der Waals surface area contributed by atoms with Crippen molar-refractivity contribution in [3.8, 4) is 5.75 Å². The Morgan fingerprint density at radius 1 is 0.682 bits per heavy atom. The van der Waals surface area contributed by atoms with Crippen LogP contribution in [-0.2, 0) is 46.7 Å². The Labute approximate surface area is 263 Å². The van der Waals surface area contributed by atoms with Crippen LogP contribution >= 0.6 is 0 Å². The lowest BCUT2D eigenvalue weighted by Gasteiger charge is -2.23.